The first kappa shape index (κ1) is 13.4. The first-order valence-electron chi connectivity index (χ1n) is 5.20. The number of nitrogens with zero attached hydrogens (tertiary/aromatic N) is 2. The molecule has 1 aromatic heterocycles. The van der Waals surface area contributed by atoms with Crippen LogP contribution in [0, 0.1) is 12.7 Å². The molecule has 1 aromatic carbocycles. The highest BCUT2D eigenvalue weighted by Crippen LogP contribution is 2.19. The van der Waals surface area contributed by atoms with Gasteiger partial charge in [-0.3, -0.25) is 4.79 Å². The third kappa shape index (κ3) is 2.55. The summed E-state index contributed by atoms with van der Waals surface area (Å²) in [6.45, 7) is 1.61. The van der Waals surface area contributed by atoms with E-state index in [0.29, 0.717) is 11.4 Å². The van der Waals surface area contributed by atoms with Crippen molar-refractivity contribution in [3.63, 3.8) is 0 Å². The molecule has 0 saturated heterocycles. The molecule has 1 heterocycles. The second-order valence-electron chi connectivity index (χ2n) is 3.81. The van der Waals surface area contributed by atoms with E-state index in [2.05, 4.69) is 21.0 Å². The van der Waals surface area contributed by atoms with Gasteiger partial charge in [0.05, 0.1) is 10.2 Å². The average Bonchev–Trinajstić information content (AvgIpc) is 2.32. The Labute approximate surface area is 115 Å². The zero-order valence-corrected chi connectivity index (χ0v) is 11.3. The fourth-order valence-corrected chi connectivity index (χ4v) is 1.94. The minimum Gasteiger partial charge on any atom is -0.476 e. The van der Waals surface area contributed by atoms with Crippen LogP contribution in [0.1, 0.15) is 16.2 Å². The van der Waals surface area contributed by atoms with Gasteiger partial charge in [0, 0.05) is 11.8 Å². The van der Waals surface area contributed by atoms with Gasteiger partial charge < -0.3 is 5.11 Å². The van der Waals surface area contributed by atoms with Crippen molar-refractivity contribution in [3.05, 3.63) is 56.2 Å². The van der Waals surface area contributed by atoms with Gasteiger partial charge in [-0.05, 0) is 41.1 Å². The molecular weight excluding hydrogens is 319 g/mol. The topological polar surface area (TPSA) is 72.2 Å². The molecule has 0 saturated carbocycles. The molecule has 0 fully saturated rings. The quantitative estimate of drug-likeness (QED) is 0.917. The van der Waals surface area contributed by atoms with E-state index < -0.39 is 22.9 Å². The van der Waals surface area contributed by atoms with Crippen LogP contribution < -0.4 is 5.43 Å². The Morgan fingerprint density at radius 3 is 2.68 bits per heavy atom. The minimum atomic E-state index is -1.40. The smallest absolute Gasteiger partial charge is 0.360 e. The zero-order chi connectivity index (χ0) is 14.2. The lowest BCUT2D eigenvalue weighted by Crippen LogP contribution is -2.22. The minimum absolute atomic E-state index is 0.224. The highest BCUT2D eigenvalue weighted by Gasteiger charge is 2.14. The van der Waals surface area contributed by atoms with Crippen LogP contribution in [0.25, 0.3) is 5.69 Å². The molecule has 98 valence electrons. The van der Waals surface area contributed by atoms with Crippen LogP contribution in [0.2, 0.25) is 0 Å². The first-order chi connectivity index (χ1) is 8.90. The Morgan fingerprint density at radius 2 is 2.11 bits per heavy atom. The second kappa shape index (κ2) is 4.93. The lowest BCUT2D eigenvalue weighted by molar-refractivity contribution is 0.0686. The maximum absolute atomic E-state index is 13.2. The Bertz CT molecular complexity index is 727. The number of carboxylic acids is 1. The number of carbonyl (C=O) groups is 1. The Hall–Kier alpha value is -2.02. The number of benzene rings is 1. The van der Waals surface area contributed by atoms with Crippen LogP contribution in [-0.4, -0.2) is 20.9 Å². The number of aromatic carboxylic acids is 1. The third-order valence-corrected chi connectivity index (χ3v) is 3.07. The van der Waals surface area contributed by atoms with Crippen LogP contribution in [0.4, 0.5) is 4.39 Å². The number of aromatic nitrogens is 2. The molecule has 2 rings (SSSR count). The van der Waals surface area contributed by atoms with Crippen LogP contribution in [-0.2, 0) is 0 Å². The fourth-order valence-electron chi connectivity index (χ4n) is 1.57. The molecule has 0 unspecified atom stereocenters. The van der Waals surface area contributed by atoms with Gasteiger partial charge >= 0.3 is 5.97 Å². The monoisotopic (exact) mass is 326 g/mol. The van der Waals surface area contributed by atoms with Crippen molar-refractivity contribution in [2.24, 2.45) is 0 Å². The normalized spacial score (nSPS) is 10.5. The van der Waals surface area contributed by atoms with Crippen molar-refractivity contribution >= 4 is 21.9 Å². The van der Waals surface area contributed by atoms with E-state index in [1.807, 2.05) is 0 Å². The van der Waals surface area contributed by atoms with Gasteiger partial charge in [-0.1, -0.05) is 0 Å². The van der Waals surface area contributed by atoms with Crippen LogP contribution in [0.5, 0.6) is 0 Å². The van der Waals surface area contributed by atoms with Gasteiger partial charge in [0.25, 0.3) is 0 Å². The summed E-state index contributed by atoms with van der Waals surface area (Å²) < 4.78 is 14.7. The number of halogens is 2. The summed E-state index contributed by atoms with van der Waals surface area (Å²) in [5.41, 5.74) is -0.338. The number of carboxylic acid groups (broad SMARTS) is 1. The van der Waals surface area contributed by atoms with Gasteiger partial charge in [-0.15, -0.1) is 0 Å². The molecule has 0 aliphatic carbocycles. The summed E-state index contributed by atoms with van der Waals surface area (Å²) in [7, 11) is 0. The third-order valence-electron chi connectivity index (χ3n) is 2.46. The number of hydrogen-bond acceptors (Lipinski definition) is 3. The number of rotatable bonds is 2. The molecule has 1 N–H and O–H groups in total. The molecule has 0 aliphatic rings. The van der Waals surface area contributed by atoms with Gasteiger partial charge in [0.1, 0.15) is 5.82 Å². The highest BCUT2D eigenvalue weighted by atomic mass is 79.9. The van der Waals surface area contributed by atoms with Crippen molar-refractivity contribution in [1.82, 2.24) is 9.78 Å². The molecule has 0 spiro atoms. The molecule has 2 aromatic rings. The van der Waals surface area contributed by atoms with E-state index in [4.69, 9.17) is 5.11 Å². The summed E-state index contributed by atoms with van der Waals surface area (Å²) >= 11 is 3.04. The van der Waals surface area contributed by atoms with Gasteiger partial charge in [0.15, 0.2) is 0 Å². The fraction of sp³-hybridized carbons (Fsp3) is 0.0833. The maximum atomic E-state index is 13.2. The van der Waals surface area contributed by atoms with E-state index in [1.165, 1.54) is 28.9 Å². The summed E-state index contributed by atoms with van der Waals surface area (Å²) in [5, 5.41) is 12.7. The molecule has 0 atom stereocenters. The predicted molar refractivity (Wildman–Crippen MR) is 69.2 cm³/mol. The Morgan fingerprint density at radius 1 is 1.42 bits per heavy atom. The highest BCUT2D eigenvalue weighted by molar-refractivity contribution is 9.10. The Kier molecular flexibility index (Phi) is 3.48. The van der Waals surface area contributed by atoms with Crippen molar-refractivity contribution < 1.29 is 14.3 Å². The number of hydrogen-bond donors (Lipinski definition) is 1. The number of aryl methyl sites for hydroxylation is 1. The molecule has 0 amide bonds. The van der Waals surface area contributed by atoms with Gasteiger partial charge in [-0.25, -0.2) is 13.9 Å². The van der Waals surface area contributed by atoms with E-state index in [9.17, 15) is 14.0 Å². The van der Waals surface area contributed by atoms with Crippen molar-refractivity contribution in [1.29, 1.82) is 0 Å². The summed E-state index contributed by atoms with van der Waals surface area (Å²) in [6, 6.07) is 5.29. The zero-order valence-electron chi connectivity index (χ0n) is 9.72. The predicted octanol–water partition coefficient (Wildman–Crippen LogP) is 2.14. The molecular formula is C12H8BrFN2O3. The summed E-state index contributed by atoms with van der Waals surface area (Å²) in [4.78, 5) is 22.4. The standard InChI is InChI=1S/C12H8BrFN2O3/c1-6-4-10(17)11(12(18)19)15-16(6)7-2-3-9(14)8(13)5-7/h2-5H,1H3,(H,18,19). The van der Waals surface area contributed by atoms with Crippen molar-refractivity contribution in [2.45, 2.75) is 6.92 Å². The van der Waals surface area contributed by atoms with Gasteiger partial charge in [0.2, 0.25) is 11.1 Å². The molecule has 7 heteroatoms. The first-order valence-corrected chi connectivity index (χ1v) is 5.99. The maximum Gasteiger partial charge on any atom is 0.360 e. The SMILES string of the molecule is Cc1cc(=O)c(C(=O)O)nn1-c1ccc(F)c(Br)c1. The largest absolute Gasteiger partial charge is 0.476 e. The van der Waals surface area contributed by atoms with E-state index in [1.54, 1.807) is 6.92 Å². The van der Waals surface area contributed by atoms with Gasteiger partial charge in [-0.2, -0.15) is 5.10 Å². The van der Waals surface area contributed by atoms with E-state index in [-0.39, 0.29) is 4.47 Å². The van der Waals surface area contributed by atoms with E-state index in [0.717, 1.165) is 0 Å². The molecule has 0 bridgehead atoms. The molecule has 0 radical (unpaired) electrons. The van der Waals surface area contributed by atoms with Crippen LogP contribution in [0.3, 0.4) is 0 Å². The lowest BCUT2D eigenvalue weighted by Gasteiger charge is -2.10. The molecule has 0 aliphatic heterocycles. The second-order valence-corrected chi connectivity index (χ2v) is 4.67. The Balaban J connectivity index is 2.68. The van der Waals surface area contributed by atoms with Crippen LogP contribution >= 0.6 is 15.9 Å². The molecule has 19 heavy (non-hydrogen) atoms. The van der Waals surface area contributed by atoms with Crippen molar-refractivity contribution in [2.75, 3.05) is 0 Å². The van der Waals surface area contributed by atoms with Crippen molar-refractivity contribution in [3.8, 4) is 5.69 Å². The summed E-state index contributed by atoms with van der Waals surface area (Å²) in [6.07, 6.45) is 0. The van der Waals surface area contributed by atoms with E-state index >= 15 is 0 Å². The average molecular weight is 327 g/mol. The summed E-state index contributed by atoms with van der Waals surface area (Å²) in [5.74, 6) is -1.85. The molecule has 5 nitrogen and oxygen atoms in total. The lowest BCUT2D eigenvalue weighted by atomic mass is 10.3. The van der Waals surface area contributed by atoms with Crippen LogP contribution in [0.15, 0.2) is 33.5 Å².